The zero-order valence-corrected chi connectivity index (χ0v) is 31.6. The first-order valence-electron chi connectivity index (χ1n) is 17.9. The third kappa shape index (κ3) is 7.11. The number of aliphatic hydroxyl groups is 1. The van der Waals surface area contributed by atoms with E-state index >= 15 is 0 Å². The first kappa shape index (κ1) is 36.5. The maximum Gasteiger partial charge on any atom is 0.293 e. The van der Waals surface area contributed by atoms with E-state index in [0.29, 0.717) is 57.9 Å². The number of amides is 2. The van der Waals surface area contributed by atoms with Crippen molar-refractivity contribution in [2.75, 3.05) is 59.8 Å². The number of hydrogen-bond acceptors (Lipinski definition) is 11. The highest BCUT2D eigenvalue weighted by Crippen LogP contribution is 2.38. The summed E-state index contributed by atoms with van der Waals surface area (Å²) in [7, 11) is 1.63. The van der Waals surface area contributed by atoms with Crippen LogP contribution in [-0.4, -0.2) is 87.8 Å². The standard InChI is InChI=1S/C39H46N8O5S/c1-7-33(49)42-29-17-25(8-9-31(29)46-15-14-45(18-23(46)2)26-21-52-22-26)41-35-38(51)44(6)19-30(43-35)27-10-12-40-36(28(27)20-48)47-13-11-24-16-32(39(3,4)5)53-34(24)37(47)50/h7-10,12,16-17,19,23,26,48H,1,11,13-15,18,20-22H2,2-6H3,(H,41,43)(H,42,49)/t23-/m0/s1. The van der Waals surface area contributed by atoms with Crippen LogP contribution >= 0.6 is 11.3 Å². The number of aryl methyl sites for hydroxylation is 1. The van der Waals surface area contributed by atoms with Crippen molar-refractivity contribution in [2.24, 2.45) is 7.05 Å². The first-order valence-corrected chi connectivity index (χ1v) is 18.7. The predicted molar refractivity (Wildman–Crippen MR) is 209 cm³/mol. The number of carbonyl (C=O) groups is 2. The van der Waals surface area contributed by atoms with E-state index in [1.54, 1.807) is 36.5 Å². The summed E-state index contributed by atoms with van der Waals surface area (Å²) >= 11 is 1.51. The van der Waals surface area contributed by atoms with Crippen LogP contribution in [0.25, 0.3) is 11.3 Å². The van der Waals surface area contributed by atoms with Gasteiger partial charge in [-0.25, -0.2) is 9.97 Å². The monoisotopic (exact) mass is 738 g/mol. The van der Waals surface area contributed by atoms with Gasteiger partial charge in [0.25, 0.3) is 11.5 Å². The molecule has 3 aromatic heterocycles. The summed E-state index contributed by atoms with van der Waals surface area (Å²) in [6.45, 7) is 16.3. The molecule has 0 saturated carbocycles. The fraction of sp³-hybridized carbons (Fsp3) is 0.410. The summed E-state index contributed by atoms with van der Waals surface area (Å²) in [4.78, 5) is 57.4. The summed E-state index contributed by atoms with van der Waals surface area (Å²) in [5, 5.41) is 16.8. The van der Waals surface area contributed by atoms with Crippen LogP contribution in [0.3, 0.4) is 0 Å². The van der Waals surface area contributed by atoms with Gasteiger partial charge in [-0.2, -0.15) is 0 Å². The number of nitrogens with zero attached hydrogens (tertiary/aromatic N) is 6. The zero-order valence-electron chi connectivity index (χ0n) is 30.8. The molecule has 3 aliphatic heterocycles. The number of piperazine rings is 1. The van der Waals surface area contributed by atoms with Gasteiger partial charge in [-0.3, -0.25) is 24.2 Å². The second kappa shape index (κ2) is 14.5. The van der Waals surface area contributed by atoms with Crippen LogP contribution in [-0.2, 0) is 35.0 Å². The van der Waals surface area contributed by atoms with Crippen molar-refractivity contribution in [2.45, 2.75) is 58.2 Å². The number of anilines is 5. The Morgan fingerprint density at radius 2 is 1.94 bits per heavy atom. The minimum absolute atomic E-state index is 0.0534. The molecular weight excluding hydrogens is 693 g/mol. The Morgan fingerprint density at radius 3 is 2.62 bits per heavy atom. The molecule has 0 unspecified atom stereocenters. The molecular formula is C39H46N8O5S. The van der Waals surface area contributed by atoms with Crippen LogP contribution in [0.5, 0.6) is 0 Å². The molecule has 2 saturated heterocycles. The Kier molecular flexibility index (Phi) is 9.98. The molecule has 7 rings (SSSR count). The number of aliphatic hydroxyl groups excluding tert-OH is 1. The molecule has 0 aliphatic carbocycles. The number of carbonyl (C=O) groups excluding carboxylic acids is 2. The minimum atomic E-state index is -0.394. The minimum Gasteiger partial charge on any atom is -0.392 e. The van der Waals surface area contributed by atoms with Crippen molar-refractivity contribution in [3.8, 4) is 11.3 Å². The molecule has 14 heteroatoms. The number of ether oxygens (including phenoxy) is 1. The number of thiophene rings is 1. The van der Waals surface area contributed by atoms with Crippen molar-refractivity contribution in [1.29, 1.82) is 0 Å². The molecule has 4 aromatic rings. The lowest BCUT2D eigenvalue weighted by atomic mass is 9.93. The van der Waals surface area contributed by atoms with E-state index in [4.69, 9.17) is 9.72 Å². The van der Waals surface area contributed by atoms with Crippen molar-refractivity contribution in [3.05, 3.63) is 86.6 Å². The summed E-state index contributed by atoms with van der Waals surface area (Å²) in [5.74, 6) is -0.0723. The van der Waals surface area contributed by atoms with Crippen molar-refractivity contribution in [1.82, 2.24) is 19.4 Å². The lowest BCUT2D eigenvalue weighted by Crippen LogP contribution is -2.59. The molecule has 1 atom stereocenters. The van der Waals surface area contributed by atoms with Crippen LogP contribution < -0.4 is 26.0 Å². The molecule has 2 amide bonds. The van der Waals surface area contributed by atoms with Gasteiger partial charge in [-0.15, -0.1) is 11.3 Å². The first-order chi connectivity index (χ1) is 25.4. The van der Waals surface area contributed by atoms with Gasteiger partial charge in [0.2, 0.25) is 5.91 Å². The van der Waals surface area contributed by atoms with Crippen LogP contribution in [0, 0.1) is 0 Å². The van der Waals surface area contributed by atoms with E-state index in [9.17, 15) is 19.5 Å². The SMILES string of the molecule is C=CC(=O)Nc1cc(Nc2nc(-c3ccnc(N4CCc5cc(C(C)(C)C)sc5C4=O)c3CO)cn(C)c2=O)ccc1N1CCN(C2COC2)C[C@@H]1C. The summed E-state index contributed by atoms with van der Waals surface area (Å²) < 4.78 is 6.83. The molecule has 0 spiro atoms. The van der Waals surface area contributed by atoms with Gasteiger partial charge in [-0.1, -0.05) is 27.4 Å². The number of hydrogen-bond donors (Lipinski definition) is 3. The lowest BCUT2D eigenvalue weighted by molar-refractivity contribution is -0.111. The van der Waals surface area contributed by atoms with E-state index in [0.717, 1.165) is 49.0 Å². The molecule has 13 nitrogen and oxygen atoms in total. The third-order valence-corrected chi connectivity index (χ3v) is 11.8. The molecule has 3 aliphatic rings. The number of rotatable bonds is 9. The van der Waals surface area contributed by atoms with Crippen LogP contribution in [0.4, 0.5) is 28.7 Å². The fourth-order valence-electron chi connectivity index (χ4n) is 7.15. The van der Waals surface area contributed by atoms with Gasteiger partial charge in [0.05, 0.1) is 47.8 Å². The van der Waals surface area contributed by atoms with Gasteiger partial charge in [-0.05, 0) is 60.7 Å². The molecule has 1 aromatic carbocycles. The topological polar surface area (TPSA) is 145 Å². The van der Waals surface area contributed by atoms with Crippen molar-refractivity contribution >= 4 is 51.8 Å². The second-order valence-electron chi connectivity index (χ2n) is 14.9. The Bertz CT molecular complexity index is 2130. The van der Waals surface area contributed by atoms with Crippen LogP contribution in [0.1, 0.15) is 53.4 Å². The van der Waals surface area contributed by atoms with Crippen LogP contribution in [0.2, 0.25) is 0 Å². The Hall–Kier alpha value is -4.89. The van der Waals surface area contributed by atoms with E-state index in [1.807, 2.05) is 12.1 Å². The van der Waals surface area contributed by atoms with Gasteiger partial charge in [0.15, 0.2) is 5.82 Å². The van der Waals surface area contributed by atoms with Gasteiger partial charge < -0.3 is 29.9 Å². The highest BCUT2D eigenvalue weighted by molar-refractivity contribution is 7.14. The molecule has 53 heavy (non-hydrogen) atoms. The lowest BCUT2D eigenvalue weighted by Gasteiger charge is -2.46. The highest BCUT2D eigenvalue weighted by Gasteiger charge is 2.34. The molecule has 0 radical (unpaired) electrons. The summed E-state index contributed by atoms with van der Waals surface area (Å²) in [5.41, 5.74) is 3.98. The van der Waals surface area contributed by atoms with Gasteiger partial charge in [0, 0.05) is 73.4 Å². The maximum atomic E-state index is 13.8. The Balaban J connectivity index is 1.19. The molecule has 0 bridgehead atoms. The number of aromatic nitrogens is 3. The number of nitrogens with one attached hydrogen (secondary N) is 2. The molecule has 3 N–H and O–H groups in total. The number of fused-ring (bicyclic) bond motifs is 1. The van der Waals surface area contributed by atoms with E-state index in [2.05, 4.69) is 65.8 Å². The van der Waals surface area contributed by atoms with E-state index < -0.39 is 6.61 Å². The smallest absolute Gasteiger partial charge is 0.293 e. The maximum absolute atomic E-state index is 13.8. The largest absolute Gasteiger partial charge is 0.392 e. The third-order valence-electron chi connectivity index (χ3n) is 10.2. The molecule has 2 fully saturated rings. The predicted octanol–water partition coefficient (Wildman–Crippen LogP) is 4.67. The van der Waals surface area contributed by atoms with Crippen LogP contribution in [0.15, 0.2) is 60.2 Å². The quantitative estimate of drug-likeness (QED) is 0.207. The zero-order chi connectivity index (χ0) is 37.6. The normalized spacial score (nSPS) is 18.1. The van der Waals surface area contributed by atoms with Gasteiger partial charge in [0.1, 0.15) is 5.82 Å². The van der Waals surface area contributed by atoms with Crippen molar-refractivity contribution in [3.63, 3.8) is 0 Å². The molecule has 6 heterocycles. The summed E-state index contributed by atoms with van der Waals surface area (Å²) in [6.07, 6.45) is 5.10. The summed E-state index contributed by atoms with van der Waals surface area (Å²) in [6, 6.07) is 10.1. The average molecular weight is 739 g/mol. The van der Waals surface area contributed by atoms with Gasteiger partial charge >= 0.3 is 0 Å². The number of benzene rings is 1. The Labute approximate surface area is 312 Å². The second-order valence-corrected chi connectivity index (χ2v) is 16.0. The Morgan fingerprint density at radius 1 is 1.15 bits per heavy atom. The highest BCUT2D eigenvalue weighted by atomic mass is 32.1. The van der Waals surface area contributed by atoms with Crippen molar-refractivity contribution < 1.29 is 19.4 Å². The van der Waals surface area contributed by atoms with E-state index in [-0.39, 0.29) is 34.6 Å². The number of pyridine rings is 1. The molecule has 278 valence electrons. The van der Waals surface area contributed by atoms with E-state index in [1.165, 1.54) is 22.0 Å². The average Bonchev–Trinajstić information content (AvgIpc) is 3.56. The fourth-order valence-corrected chi connectivity index (χ4v) is 8.36.